The zero-order chi connectivity index (χ0) is 22.9. The van der Waals surface area contributed by atoms with Crippen LogP contribution >= 0.6 is 11.3 Å². The second-order valence-electron chi connectivity index (χ2n) is 7.92. The molecule has 0 spiro atoms. The number of carbonyl (C=O) groups is 1. The molecule has 3 rings (SSSR count). The highest BCUT2D eigenvalue weighted by Crippen LogP contribution is 2.34. The van der Waals surface area contributed by atoms with Gasteiger partial charge in [0.05, 0.1) is 18.7 Å². The lowest BCUT2D eigenvalue weighted by Crippen LogP contribution is -2.47. The SMILES string of the molecule is C=CCCC(O)CN(CC=C)CC(=O)N1CCc2sccc2C1COc1cccc(F)c1. The van der Waals surface area contributed by atoms with Gasteiger partial charge in [-0.15, -0.1) is 24.5 Å². The number of benzene rings is 1. The first kappa shape index (κ1) is 24.2. The average molecular weight is 459 g/mol. The van der Waals surface area contributed by atoms with E-state index in [1.165, 1.54) is 17.0 Å². The number of hydrogen-bond acceptors (Lipinski definition) is 5. The van der Waals surface area contributed by atoms with E-state index >= 15 is 0 Å². The van der Waals surface area contributed by atoms with Crippen LogP contribution in [0.15, 0.2) is 61.0 Å². The van der Waals surface area contributed by atoms with Crippen LogP contribution < -0.4 is 4.74 Å². The number of carbonyl (C=O) groups excluding carboxylic acids is 1. The summed E-state index contributed by atoms with van der Waals surface area (Å²) in [5.74, 6) is 0.0659. The number of allylic oxidation sites excluding steroid dienone is 1. The Labute approximate surface area is 193 Å². The first-order valence-corrected chi connectivity index (χ1v) is 11.8. The molecule has 32 heavy (non-hydrogen) atoms. The third-order valence-electron chi connectivity index (χ3n) is 5.54. The van der Waals surface area contributed by atoms with E-state index in [1.807, 2.05) is 21.2 Å². The molecule has 0 aliphatic carbocycles. The van der Waals surface area contributed by atoms with Gasteiger partial charge in [0.25, 0.3) is 0 Å². The number of rotatable bonds is 12. The Morgan fingerprint density at radius 2 is 2.22 bits per heavy atom. The molecule has 0 radical (unpaired) electrons. The smallest absolute Gasteiger partial charge is 0.237 e. The summed E-state index contributed by atoms with van der Waals surface area (Å²) in [7, 11) is 0. The van der Waals surface area contributed by atoms with Crippen LogP contribution in [-0.2, 0) is 11.2 Å². The monoisotopic (exact) mass is 458 g/mol. The first-order chi connectivity index (χ1) is 15.5. The molecule has 1 aromatic heterocycles. The van der Waals surface area contributed by atoms with E-state index in [2.05, 4.69) is 13.2 Å². The lowest BCUT2D eigenvalue weighted by atomic mass is 10.0. The van der Waals surface area contributed by atoms with Crippen molar-refractivity contribution in [2.45, 2.75) is 31.4 Å². The van der Waals surface area contributed by atoms with E-state index in [1.54, 1.807) is 35.6 Å². The predicted molar refractivity (Wildman–Crippen MR) is 126 cm³/mol. The van der Waals surface area contributed by atoms with Crippen molar-refractivity contribution in [1.29, 1.82) is 0 Å². The summed E-state index contributed by atoms with van der Waals surface area (Å²) in [5.41, 5.74) is 1.09. The van der Waals surface area contributed by atoms with E-state index in [9.17, 15) is 14.3 Å². The number of ether oxygens (including phenoxy) is 1. The minimum Gasteiger partial charge on any atom is -0.491 e. The maximum absolute atomic E-state index is 13.5. The number of fused-ring (bicyclic) bond motifs is 1. The Kier molecular flexibility index (Phi) is 9.02. The lowest BCUT2D eigenvalue weighted by Gasteiger charge is -2.37. The molecule has 1 aliphatic rings. The molecule has 0 saturated carbocycles. The predicted octanol–water partition coefficient (Wildman–Crippen LogP) is 4.21. The third-order valence-corrected chi connectivity index (χ3v) is 6.53. The number of thiophene rings is 1. The lowest BCUT2D eigenvalue weighted by molar-refractivity contribution is -0.136. The van der Waals surface area contributed by atoms with Gasteiger partial charge in [0, 0.05) is 30.6 Å². The fourth-order valence-corrected chi connectivity index (χ4v) is 4.90. The van der Waals surface area contributed by atoms with Gasteiger partial charge in [-0.1, -0.05) is 18.2 Å². The Hall–Kier alpha value is -2.48. The van der Waals surface area contributed by atoms with Crippen LogP contribution in [0.2, 0.25) is 0 Å². The maximum atomic E-state index is 13.5. The van der Waals surface area contributed by atoms with Crippen molar-refractivity contribution in [3.05, 3.63) is 77.3 Å². The Morgan fingerprint density at radius 3 is 2.97 bits per heavy atom. The molecular weight excluding hydrogens is 427 g/mol. The van der Waals surface area contributed by atoms with Crippen molar-refractivity contribution in [2.24, 2.45) is 0 Å². The van der Waals surface area contributed by atoms with Crippen LogP contribution in [0.1, 0.15) is 29.3 Å². The summed E-state index contributed by atoms with van der Waals surface area (Å²) in [6.45, 7) is 9.43. The zero-order valence-electron chi connectivity index (χ0n) is 18.3. The van der Waals surface area contributed by atoms with E-state index in [-0.39, 0.29) is 30.9 Å². The maximum Gasteiger partial charge on any atom is 0.237 e. The van der Waals surface area contributed by atoms with Crippen LogP contribution in [0.5, 0.6) is 5.75 Å². The Balaban J connectivity index is 1.70. The van der Waals surface area contributed by atoms with Gasteiger partial charge < -0.3 is 14.7 Å². The van der Waals surface area contributed by atoms with Crippen LogP contribution in [0.4, 0.5) is 4.39 Å². The molecule has 0 fully saturated rings. The number of nitrogens with zero attached hydrogens (tertiary/aromatic N) is 2. The number of aliphatic hydroxyl groups excluding tert-OH is 1. The fourth-order valence-electron chi connectivity index (χ4n) is 3.97. The van der Waals surface area contributed by atoms with Crippen molar-refractivity contribution in [1.82, 2.24) is 9.80 Å². The number of halogens is 1. The highest BCUT2D eigenvalue weighted by atomic mass is 32.1. The second-order valence-corrected chi connectivity index (χ2v) is 8.92. The fraction of sp³-hybridized carbons (Fsp3) is 0.400. The molecule has 1 amide bonds. The molecule has 5 nitrogen and oxygen atoms in total. The van der Waals surface area contributed by atoms with Gasteiger partial charge in [0.1, 0.15) is 18.2 Å². The largest absolute Gasteiger partial charge is 0.491 e. The molecule has 0 saturated heterocycles. The Bertz CT molecular complexity index is 916. The van der Waals surface area contributed by atoms with Gasteiger partial charge >= 0.3 is 0 Å². The van der Waals surface area contributed by atoms with Gasteiger partial charge in [-0.25, -0.2) is 4.39 Å². The standard InChI is InChI=1S/C25H31FN2O3S/c1-3-5-8-20(29)16-27(12-4-2)17-25(30)28-13-10-24-22(11-14-32-24)23(28)18-31-21-9-6-7-19(26)15-21/h3-4,6-7,9,11,14-15,20,23,29H,1-2,5,8,10,12-13,16-18H2. The van der Waals surface area contributed by atoms with E-state index in [0.717, 1.165) is 18.4 Å². The molecule has 1 aromatic carbocycles. The van der Waals surface area contributed by atoms with Crippen LogP contribution in [0.3, 0.4) is 0 Å². The summed E-state index contributed by atoms with van der Waals surface area (Å²) < 4.78 is 19.4. The average Bonchev–Trinajstić information content (AvgIpc) is 3.25. The third kappa shape index (κ3) is 6.51. The summed E-state index contributed by atoms with van der Waals surface area (Å²) in [6, 6.07) is 7.84. The molecule has 1 aliphatic heterocycles. The molecule has 1 N–H and O–H groups in total. The minimum atomic E-state index is -0.530. The van der Waals surface area contributed by atoms with E-state index in [4.69, 9.17) is 4.74 Å². The molecule has 7 heteroatoms. The molecule has 2 heterocycles. The molecular formula is C25H31FN2O3S. The molecule has 172 valence electrons. The molecule has 0 bridgehead atoms. The van der Waals surface area contributed by atoms with Gasteiger partial charge in [-0.3, -0.25) is 9.69 Å². The summed E-state index contributed by atoms with van der Waals surface area (Å²) >= 11 is 1.69. The van der Waals surface area contributed by atoms with Gasteiger partial charge in [0.2, 0.25) is 5.91 Å². The molecule has 2 unspecified atom stereocenters. The number of hydrogen-bond donors (Lipinski definition) is 1. The topological polar surface area (TPSA) is 53.0 Å². The van der Waals surface area contributed by atoms with Crippen molar-refractivity contribution >= 4 is 17.2 Å². The van der Waals surface area contributed by atoms with E-state index < -0.39 is 6.10 Å². The highest BCUT2D eigenvalue weighted by Gasteiger charge is 2.33. The summed E-state index contributed by atoms with van der Waals surface area (Å²) in [4.78, 5) is 18.3. The van der Waals surface area contributed by atoms with Crippen molar-refractivity contribution in [3.8, 4) is 5.75 Å². The highest BCUT2D eigenvalue weighted by molar-refractivity contribution is 7.10. The van der Waals surface area contributed by atoms with Crippen molar-refractivity contribution in [2.75, 3.05) is 32.8 Å². The van der Waals surface area contributed by atoms with Crippen molar-refractivity contribution < 1.29 is 19.0 Å². The van der Waals surface area contributed by atoms with Gasteiger partial charge in [-0.2, -0.15) is 0 Å². The summed E-state index contributed by atoms with van der Waals surface area (Å²) in [5, 5.41) is 12.3. The normalized spacial score (nSPS) is 16.5. The molecule has 2 atom stereocenters. The van der Waals surface area contributed by atoms with Crippen LogP contribution in [0, 0.1) is 5.82 Å². The summed E-state index contributed by atoms with van der Waals surface area (Å²) in [6.07, 6.45) is 5.13. The Morgan fingerprint density at radius 1 is 1.38 bits per heavy atom. The van der Waals surface area contributed by atoms with Crippen LogP contribution in [0.25, 0.3) is 0 Å². The number of amides is 1. The van der Waals surface area contributed by atoms with Crippen LogP contribution in [-0.4, -0.2) is 59.7 Å². The number of aliphatic hydroxyl groups is 1. The zero-order valence-corrected chi connectivity index (χ0v) is 19.1. The minimum absolute atomic E-state index is 0.0209. The van der Waals surface area contributed by atoms with Gasteiger partial charge in [0.15, 0.2) is 0 Å². The van der Waals surface area contributed by atoms with Gasteiger partial charge in [-0.05, 0) is 48.4 Å². The second kappa shape index (κ2) is 11.9. The van der Waals surface area contributed by atoms with Crippen molar-refractivity contribution in [3.63, 3.8) is 0 Å². The van der Waals surface area contributed by atoms with E-state index in [0.29, 0.717) is 31.8 Å². The first-order valence-electron chi connectivity index (χ1n) is 10.9. The molecule has 2 aromatic rings. The quantitative estimate of drug-likeness (QED) is 0.484.